The average molecular weight is 358 g/mol. The highest BCUT2D eigenvalue weighted by molar-refractivity contribution is 7.10. The maximum atomic E-state index is 12.9. The number of nitrogens with zero attached hydrogens (tertiary/aromatic N) is 1. The van der Waals surface area contributed by atoms with Crippen LogP contribution < -0.4 is 5.32 Å². The van der Waals surface area contributed by atoms with Crippen LogP contribution in [0.1, 0.15) is 48.1 Å². The standard InChI is InChI=1S/C21H28N2OS/c1-17-12-13-25-20(17)16-23(15-18-8-4-2-5-9-18)21(24)14-22-19-10-6-3-7-11-19/h2,4-5,8-9,12-13,19,22H,3,6-7,10-11,14-16H2,1H3/p+1. The molecule has 134 valence electrons. The molecule has 1 saturated carbocycles. The third kappa shape index (κ3) is 5.41. The van der Waals surface area contributed by atoms with Crippen LogP contribution in [-0.4, -0.2) is 23.4 Å². The summed E-state index contributed by atoms with van der Waals surface area (Å²) in [5, 5.41) is 4.39. The van der Waals surface area contributed by atoms with E-state index in [1.165, 1.54) is 48.1 Å². The van der Waals surface area contributed by atoms with Gasteiger partial charge >= 0.3 is 0 Å². The van der Waals surface area contributed by atoms with Crippen molar-refractivity contribution in [1.29, 1.82) is 0 Å². The van der Waals surface area contributed by atoms with E-state index in [1.54, 1.807) is 11.3 Å². The highest BCUT2D eigenvalue weighted by Gasteiger charge is 2.21. The lowest BCUT2D eigenvalue weighted by atomic mass is 9.95. The van der Waals surface area contributed by atoms with Crippen molar-refractivity contribution in [3.8, 4) is 0 Å². The third-order valence-corrected chi connectivity index (χ3v) is 6.15. The lowest BCUT2D eigenvalue weighted by Gasteiger charge is -2.24. The maximum Gasteiger partial charge on any atom is 0.278 e. The van der Waals surface area contributed by atoms with Crippen LogP contribution in [0, 0.1) is 6.92 Å². The number of quaternary nitrogens is 1. The van der Waals surface area contributed by atoms with Gasteiger partial charge in [-0.3, -0.25) is 4.79 Å². The molecule has 1 aliphatic rings. The number of thiophene rings is 1. The second-order valence-corrected chi connectivity index (χ2v) is 8.10. The molecular weight excluding hydrogens is 328 g/mol. The molecule has 0 unspecified atom stereocenters. The summed E-state index contributed by atoms with van der Waals surface area (Å²) in [5.41, 5.74) is 2.48. The van der Waals surface area contributed by atoms with Crippen LogP contribution in [0.25, 0.3) is 0 Å². The molecule has 0 atom stereocenters. The first kappa shape index (κ1) is 18.2. The average Bonchev–Trinajstić information content (AvgIpc) is 3.05. The van der Waals surface area contributed by atoms with Crippen LogP contribution in [0.15, 0.2) is 41.8 Å². The number of carbonyl (C=O) groups excluding carboxylic acids is 1. The van der Waals surface area contributed by atoms with Crippen LogP contribution in [0.2, 0.25) is 0 Å². The first-order valence-electron chi connectivity index (χ1n) is 9.40. The summed E-state index contributed by atoms with van der Waals surface area (Å²) in [5.74, 6) is 0.252. The number of rotatable bonds is 7. The summed E-state index contributed by atoms with van der Waals surface area (Å²) < 4.78 is 0. The molecule has 1 aliphatic carbocycles. The molecule has 25 heavy (non-hydrogen) atoms. The molecule has 3 rings (SSSR count). The Kier molecular flexibility index (Phi) is 6.65. The van der Waals surface area contributed by atoms with Crippen molar-refractivity contribution in [3.05, 3.63) is 57.8 Å². The fraction of sp³-hybridized carbons (Fsp3) is 0.476. The lowest BCUT2D eigenvalue weighted by Crippen LogP contribution is -2.92. The van der Waals surface area contributed by atoms with Gasteiger partial charge < -0.3 is 10.2 Å². The van der Waals surface area contributed by atoms with Gasteiger partial charge in [-0.05, 0) is 55.2 Å². The molecule has 1 heterocycles. The van der Waals surface area contributed by atoms with E-state index >= 15 is 0 Å². The molecule has 0 spiro atoms. The molecular formula is C21H29N2OS+. The number of benzene rings is 1. The summed E-state index contributed by atoms with van der Waals surface area (Å²) in [6, 6.07) is 13.1. The molecule has 4 heteroatoms. The molecule has 1 aromatic heterocycles. The highest BCUT2D eigenvalue weighted by Crippen LogP contribution is 2.19. The fourth-order valence-corrected chi connectivity index (χ4v) is 4.46. The molecule has 1 amide bonds. The van der Waals surface area contributed by atoms with Gasteiger partial charge in [0.25, 0.3) is 5.91 Å². The van der Waals surface area contributed by atoms with Gasteiger partial charge in [-0.25, -0.2) is 0 Å². The van der Waals surface area contributed by atoms with Crippen LogP contribution in [0.3, 0.4) is 0 Å². The third-order valence-electron chi connectivity index (χ3n) is 5.15. The maximum absolute atomic E-state index is 12.9. The fourth-order valence-electron chi connectivity index (χ4n) is 3.54. The number of nitrogens with two attached hydrogens (primary N) is 1. The van der Waals surface area contributed by atoms with E-state index < -0.39 is 0 Å². The zero-order chi connectivity index (χ0) is 17.5. The van der Waals surface area contributed by atoms with E-state index in [0.29, 0.717) is 19.1 Å². The minimum atomic E-state index is 0.252. The van der Waals surface area contributed by atoms with Crippen molar-refractivity contribution in [2.24, 2.45) is 0 Å². The van der Waals surface area contributed by atoms with Gasteiger partial charge in [-0.1, -0.05) is 36.8 Å². The summed E-state index contributed by atoms with van der Waals surface area (Å²) in [4.78, 5) is 16.2. The molecule has 1 fully saturated rings. The van der Waals surface area contributed by atoms with Gasteiger partial charge in [0.2, 0.25) is 0 Å². The lowest BCUT2D eigenvalue weighted by molar-refractivity contribution is -0.682. The Morgan fingerprint density at radius 3 is 2.56 bits per heavy atom. The van der Waals surface area contributed by atoms with Crippen molar-refractivity contribution < 1.29 is 10.1 Å². The summed E-state index contributed by atoms with van der Waals surface area (Å²) in [6.07, 6.45) is 6.51. The summed E-state index contributed by atoms with van der Waals surface area (Å²) in [7, 11) is 0. The van der Waals surface area contributed by atoms with Crippen molar-refractivity contribution in [1.82, 2.24) is 4.90 Å². The predicted octanol–water partition coefficient (Wildman–Crippen LogP) is 3.48. The number of carbonyl (C=O) groups is 1. The smallest absolute Gasteiger partial charge is 0.278 e. The first-order valence-corrected chi connectivity index (χ1v) is 10.3. The van der Waals surface area contributed by atoms with Gasteiger partial charge in [0.15, 0.2) is 6.54 Å². The molecule has 1 aromatic carbocycles. The van der Waals surface area contributed by atoms with E-state index in [9.17, 15) is 4.79 Å². The Bertz CT molecular complexity index is 662. The second kappa shape index (κ2) is 9.16. The Balaban J connectivity index is 1.63. The summed E-state index contributed by atoms with van der Waals surface area (Å²) in [6.45, 7) is 4.11. The molecule has 0 aliphatic heterocycles. The van der Waals surface area contributed by atoms with Gasteiger partial charge in [0.1, 0.15) is 0 Å². The Labute approximate surface area is 155 Å². The molecule has 2 N–H and O–H groups in total. The number of amides is 1. The first-order chi connectivity index (χ1) is 12.2. The number of hydrogen-bond donors (Lipinski definition) is 1. The van der Waals surface area contributed by atoms with Gasteiger partial charge in [0, 0.05) is 11.4 Å². The van der Waals surface area contributed by atoms with E-state index in [4.69, 9.17) is 0 Å². The zero-order valence-corrected chi connectivity index (χ0v) is 15.9. The minimum Gasteiger partial charge on any atom is -0.336 e. The van der Waals surface area contributed by atoms with E-state index in [1.807, 2.05) is 23.1 Å². The Morgan fingerprint density at radius 2 is 1.88 bits per heavy atom. The topological polar surface area (TPSA) is 36.9 Å². The monoisotopic (exact) mass is 357 g/mol. The van der Waals surface area contributed by atoms with Crippen molar-refractivity contribution in [3.63, 3.8) is 0 Å². The van der Waals surface area contributed by atoms with E-state index in [0.717, 1.165) is 6.54 Å². The van der Waals surface area contributed by atoms with Crippen molar-refractivity contribution in [2.75, 3.05) is 6.54 Å². The van der Waals surface area contributed by atoms with Gasteiger partial charge in [0.05, 0.1) is 12.6 Å². The molecule has 3 nitrogen and oxygen atoms in total. The van der Waals surface area contributed by atoms with Crippen LogP contribution in [0.5, 0.6) is 0 Å². The van der Waals surface area contributed by atoms with Gasteiger partial charge in [-0.2, -0.15) is 0 Å². The highest BCUT2D eigenvalue weighted by atomic mass is 32.1. The SMILES string of the molecule is Cc1ccsc1CN(Cc1ccccc1)C(=O)C[NH2+]C1CCCCC1. The van der Waals surface area contributed by atoms with Gasteiger partial charge in [-0.15, -0.1) is 11.3 Å². The van der Waals surface area contributed by atoms with Crippen molar-refractivity contribution >= 4 is 17.2 Å². The zero-order valence-electron chi connectivity index (χ0n) is 15.1. The van der Waals surface area contributed by atoms with E-state index in [-0.39, 0.29) is 5.91 Å². The summed E-state index contributed by atoms with van der Waals surface area (Å²) >= 11 is 1.75. The normalized spacial score (nSPS) is 15.2. The molecule has 2 aromatic rings. The van der Waals surface area contributed by atoms with Crippen molar-refractivity contribution in [2.45, 2.75) is 58.2 Å². The van der Waals surface area contributed by atoms with Crippen LogP contribution in [0.4, 0.5) is 0 Å². The molecule has 0 bridgehead atoms. The largest absolute Gasteiger partial charge is 0.336 e. The second-order valence-electron chi connectivity index (χ2n) is 7.10. The molecule has 0 radical (unpaired) electrons. The minimum absolute atomic E-state index is 0.252. The predicted molar refractivity (Wildman–Crippen MR) is 103 cm³/mol. The Morgan fingerprint density at radius 1 is 1.12 bits per heavy atom. The number of hydrogen-bond acceptors (Lipinski definition) is 2. The number of aryl methyl sites for hydroxylation is 1. The quantitative estimate of drug-likeness (QED) is 0.809. The molecule has 0 saturated heterocycles. The Hall–Kier alpha value is -1.65. The van der Waals surface area contributed by atoms with Crippen LogP contribution in [-0.2, 0) is 17.9 Å². The van der Waals surface area contributed by atoms with Crippen LogP contribution >= 0.6 is 11.3 Å². The van der Waals surface area contributed by atoms with E-state index in [2.05, 4.69) is 35.8 Å².